The average Bonchev–Trinajstić information content (AvgIpc) is 2.97. The van der Waals surface area contributed by atoms with Crippen LogP contribution in [0.15, 0.2) is 48.5 Å². The van der Waals surface area contributed by atoms with Crippen LogP contribution in [0.5, 0.6) is 5.75 Å². The Labute approximate surface area is 142 Å². The molecular weight excluding hydrogens is 334 g/mol. The molecular formula is C17H14ClNO3S. The van der Waals surface area contributed by atoms with Crippen LogP contribution in [-0.2, 0) is 16.1 Å². The van der Waals surface area contributed by atoms with E-state index in [2.05, 4.69) is 4.98 Å². The van der Waals surface area contributed by atoms with Crippen LogP contribution in [0.25, 0.3) is 10.2 Å². The van der Waals surface area contributed by atoms with Gasteiger partial charge < -0.3 is 9.47 Å². The topological polar surface area (TPSA) is 48.4 Å². The van der Waals surface area contributed by atoms with Crippen molar-refractivity contribution < 1.29 is 14.3 Å². The number of carbonyl (C=O) groups excluding carboxylic acids is 1. The number of nitrogens with zero attached hydrogens (tertiary/aromatic N) is 1. The van der Waals surface area contributed by atoms with Gasteiger partial charge in [0.15, 0.2) is 6.10 Å². The molecule has 0 bridgehead atoms. The van der Waals surface area contributed by atoms with Crippen LogP contribution in [0.1, 0.15) is 11.9 Å². The number of ether oxygens (including phenoxy) is 2. The van der Waals surface area contributed by atoms with E-state index < -0.39 is 12.1 Å². The van der Waals surface area contributed by atoms with E-state index >= 15 is 0 Å². The van der Waals surface area contributed by atoms with Gasteiger partial charge in [0.25, 0.3) is 0 Å². The number of hydrogen-bond acceptors (Lipinski definition) is 5. The summed E-state index contributed by atoms with van der Waals surface area (Å²) in [5, 5.41) is 1.38. The van der Waals surface area contributed by atoms with Gasteiger partial charge in [-0.2, -0.15) is 0 Å². The second-order valence-corrected chi connectivity index (χ2v) is 6.45. The number of esters is 1. The Morgan fingerprint density at radius 1 is 1.22 bits per heavy atom. The SMILES string of the molecule is CC(Oc1ccc(Cl)cc1)C(=O)OCc1nc2ccccc2s1. The first-order valence-corrected chi connectivity index (χ1v) is 8.24. The van der Waals surface area contributed by atoms with Gasteiger partial charge in [0, 0.05) is 5.02 Å². The number of hydrogen-bond donors (Lipinski definition) is 0. The lowest BCUT2D eigenvalue weighted by atomic mass is 10.3. The first-order chi connectivity index (χ1) is 11.1. The minimum Gasteiger partial charge on any atom is -0.479 e. The van der Waals surface area contributed by atoms with Gasteiger partial charge >= 0.3 is 5.97 Å². The van der Waals surface area contributed by atoms with Gasteiger partial charge in [-0.25, -0.2) is 9.78 Å². The molecule has 0 N–H and O–H groups in total. The summed E-state index contributed by atoms with van der Waals surface area (Å²) >= 11 is 7.32. The summed E-state index contributed by atoms with van der Waals surface area (Å²) in [7, 11) is 0. The summed E-state index contributed by atoms with van der Waals surface area (Å²) in [4.78, 5) is 16.4. The number of para-hydroxylation sites is 1. The zero-order valence-corrected chi connectivity index (χ0v) is 13.9. The van der Waals surface area contributed by atoms with Crippen LogP contribution >= 0.6 is 22.9 Å². The second-order valence-electron chi connectivity index (χ2n) is 4.90. The number of halogens is 1. The molecule has 23 heavy (non-hydrogen) atoms. The van der Waals surface area contributed by atoms with Crippen LogP contribution < -0.4 is 4.74 Å². The van der Waals surface area contributed by atoms with E-state index in [9.17, 15) is 4.79 Å². The van der Waals surface area contributed by atoms with Crippen molar-refractivity contribution >= 4 is 39.1 Å². The minimum absolute atomic E-state index is 0.145. The molecule has 1 aromatic heterocycles. The zero-order valence-electron chi connectivity index (χ0n) is 12.4. The Hall–Kier alpha value is -2.11. The van der Waals surface area contributed by atoms with Crippen molar-refractivity contribution in [3.63, 3.8) is 0 Å². The number of thiazole rings is 1. The van der Waals surface area contributed by atoms with Crippen molar-refractivity contribution in [2.75, 3.05) is 0 Å². The first-order valence-electron chi connectivity index (χ1n) is 7.05. The number of fused-ring (bicyclic) bond motifs is 1. The third-order valence-electron chi connectivity index (χ3n) is 3.13. The van der Waals surface area contributed by atoms with Crippen LogP contribution in [-0.4, -0.2) is 17.1 Å². The summed E-state index contributed by atoms with van der Waals surface area (Å²) < 4.78 is 11.9. The summed E-state index contributed by atoms with van der Waals surface area (Å²) in [6.07, 6.45) is -0.703. The van der Waals surface area contributed by atoms with Crippen LogP contribution in [0.3, 0.4) is 0 Å². The largest absolute Gasteiger partial charge is 0.479 e. The lowest BCUT2D eigenvalue weighted by Gasteiger charge is -2.13. The van der Waals surface area contributed by atoms with Crippen molar-refractivity contribution in [1.82, 2.24) is 4.98 Å². The maximum Gasteiger partial charge on any atom is 0.347 e. The number of benzene rings is 2. The molecule has 0 spiro atoms. The highest BCUT2D eigenvalue weighted by Gasteiger charge is 2.17. The molecule has 0 aliphatic rings. The number of aromatic nitrogens is 1. The molecule has 2 aromatic carbocycles. The fourth-order valence-corrected chi connectivity index (χ4v) is 3.00. The second kappa shape index (κ2) is 6.98. The monoisotopic (exact) mass is 347 g/mol. The highest BCUT2D eigenvalue weighted by atomic mass is 35.5. The Balaban J connectivity index is 1.56. The van der Waals surface area contributed by atoms with Gasteiger partial charge in [-0.1, -0.05) is 23.7 Å². The summed E-state index contributed by atoms with van der Waals surface area (Å²) in [6.45, 7) is 1.79. The lowest BCUT2D eigenvalue weighted by Crippen LogP contribution is -2.25. The maximum absolute atomic E-state index is 12.0. The quantitative estimate of drug-likeness (QED) is 0.639. The molecule has 0 saturated heterocycles. The molecule has 0 fully saturated rings. The molecule has 0 saturated carbocycles. The van der Waals surface area contributed by atoms with Gasteiger partial charge in [0.2, 0.25) is 0 Å². The molecule has 1 heterocycles. The van der Waals surface area contributed by atoms with E-state index in [-0.39, 0.29) is 6.61 Å². The van der Waals surface area contributed by atoms with Gasteiger partial charge in [-0.3, -0.25) is 0 Å². The summed E-state index contributed by atoms with van der Waals surface area (Å²) in [5.74, 6) is 0.137. The third-order valence-corrected chi connectivity index (χ3v) is 4.40. The van der Waals surface area contributed by atoms with E-state index in [1.165, 1.54) is 11.3 Å². The zero-order chi connectivity index (χ0) is 16.2. The van der Waals surface area contributed by atoms with Crippen molar-refractivity contribution in [2.45, 2.75) is 19.6 Å². The smallest absolute Gasteiger partial charge is 0.347 e. The lowest BCUT2D eigenvalue weighted by molar-refractivity contribution is -0.152. The molecule has 1 unspecified atom stereocenters. The van der Waals surface area contributed by atoms with E-state index in [1.54, 1.807) is 31.2 Å². The highest BCUT2D eigenvalue weighted by molar-refractivity contribution is 7.18. The summed E-state index contributed by atoms with van der Waals surface area (Å²) in [6, 6.07) is 14.6. The van der Waals surface area contributed by atoms with Gasteiger partial charge in [0.1, 0.15) is 17.4 Å². The molecule has 0 radical (unpaired) electrons. The number of carbonyl (C=O) groups is 1. The van der Waals surface area contributed by atoms with Crippen LogP contribution in [0.2, 0.25) is 5.02 Å². The van der Waals surface area contributed by atoms with Crippen LogP contribution in [0.4, 0.5) is 0 Å². The summed E-state index contributed by atoms with van der Waals surface area (Å²) in [5.41, 5.74) is 0.911. The predicted octanol–water partition coefficient (Wildman–Crippen LogP) is 4.46. The Morgan fingerprint density at radius 3 is 2.70 bits per heavy atom. The molecule has 0 aliphatic heterocycles. The van der Waals surface area contributed by atoms with Gasteiger partial charge in [-0.05, 0) is 43.3 Å². The fraction of sp³-hybridized carbons (Fsp3) is 0.176. The fourth-order valence-electron chi connectivity index (χ4n) is 2.00. The molecule has 0 aliphatic carbocycles. The minimum atomic E-state index is -0.703. The van der Waals surface area contributed by atoms with Gasteiger partial charge in [-0.15, -0.1) is 11.3 Å². The third kappa shape index (κ3) is 4.00. The standard InChI is InChI=1S/C17H14ClNO3S/c1-11(22-13-8-6-12(18)7-9-13)17(20)21-10-16-19-14-4-2-3-5-15(14)23-16/h2-9,11H,10H2,1H3. The van der Waals surface area contributed by atoms with Crippen molar-refractivity contribution in [3.8, 4) is 5.75 Å². The van der Waals surface area contributed by atoms with E-state index in [1.807, 2.05) is 24.3 Å². The van der Waals surface area contributed by atoms with E-state index in [0.29, 0.717) is 10.8 Å². The highest BCUT2D eigenvalue weighted by Crippen LogP contribution is 2.22. The first kappa shape index (κ1) is 15.8. The van der Waals surface area contributed by atoms with Gasteiger partial charge in [0.05, 0.1) is 10.2 Å². The normalized spacial score (nSPS) is 12.1. The Morgan fingerprint density at radius 2 is 1.96 bits per heavy atom. The Bertz CT molecular complexity index is 783. The maximum atomic E-state index is 12.0. The Kier molecular flexibility index (Phi) is 4.79. The molecule has 0 amide bonds. The van der Waals surface area contributed by atoms with Crippen molar-refractivity contribution in [2.24, 2.45) is 0 Å². The predicted molar refractivity (Wildman–Crippen MR) is 91.0 cm³/mol. The molecule has 1 atom stereocenters. The average molecular weight is 348 g/mol. The van der Waals surface area contributed by atoms with Crippen molar-refractivity contribution in [1.29, 1.82) is 0 Å². The van der Waals surface area contributed by atoms with E-state index in [0.717, 1.165) is 15.2 Å². The molecule has 4 nitrogen and oxygen atoms in total. The van der Waals surface area contributed by atoms with E-state index in [4.69, 9.17) is 21.1 Å². The van der Waals surface area contributed by atoms with Crippen molar-refractivity contribution in [3.05, 3.63) is 58.6 Å². The number of rotatable bonds is 5. The molecule has 3 rings (SSSR count). The van der Waals surface area contributed by atoms with Crippen LogP contribution in [0, 0.1) is 0 Å². The molecule has 6 heteroatoms. The molecule has 3 aromatic rings. The molecule has 118 valence electrons.